The first-order valence-electron chi connectivity index (χ1n) is 12.8. The SMILES string of the molecule is Cc1ccc(S(=O)(=O)N2CCC(C(=O)N3CCC(C(=O)NCCN4CCOCC4)CC3)CC2)cc1. The number of hydrogen-bond acceptors (Lipinski definition) is 6. The number of hydrogen-bond donors (Lipinski definition) is 1. The van der Waals surface area contributed by atoms with Gasteiger partial charge in [-0.05, 0) is 44.7 Å². The van der Waals surface area contributed by atoms with Crippen LogP contribution >= 0.6 is 0 Å². The summed E-state index contributed by atoms with van der Waals surface area (Å²) < 4.78 is 32.7. The third-order valence-electron chi connectivity index (χ3n) is 7.47. The van der Waals surface area contributed by atoms with Gasteiger partial charge in [0.1, 0.15) is 0 Å². The molecule has 0 bridgehead atoms. The van der Waals surface area contributed by atoms with Crippen LogP contribution in [0.3, 0.4) is 0 Å². The number of ether oxygens (including phenoxy) is 1. The Bertz CT molecular complexity index is 962. The smallest absolute Gasteiger partial charge is 0.243 e. The lowest BCUT2D eigenvalue weighted by atomic mass is 9.92. The third-order valence-corrected chi connectivity index (χ3v) is 9.38. The van der Waals surface area contributed by atoms with Gasteiger partial charge >= 0.3 is 0 Å². The van der Waals surface area contributed by atoms with Crippen LogP contribution in [-0.2, 0) is 24.3 Å². The summed E-state index contributed by atoms with van der Waals surface area (Å²) in [7, 11) is -3.53. The van der Waals surface area contributed by atoms with E-state index in [0.29, 0.717) is 63.3 Å². The molecule has 1 aromatic carbocycles. The lowest BCUT2D eigenvalue weighted by molar-refractivity contribution is -0.140. The number of carbonyl (C=O) groups excluding carboxylic acids is 2. The molecule has 0 radical (unpaired) electrons. The molecule has 10 heteroatoms. The van der Waals surface area contributed by atoms with Crippen LogP contribution in [0.4, 0.5) is 0 Å². The molecular weight excluding hydrogens is 468 g/mol. The molecule has 35 heavy (non-hydrogen) atoms. The van der Waals surface area contributed by atoms with Crippen LogP contribution in [0.5, 0.6) is 0 Å². The minimum absolute atomic E-state index is 0.0507. The fraction of sp³-hybridized carbons (Fsp3) is 0.680. The molecule has 0 spiro atoms. The van der Waals surface area contributed by atoms with Crippen molar-refractivity contribution < 1.29 is 22.7 Å². The fourth-order valence-electron chi connectivity index (χ4n) is 5.13. The van der Waals surface area contributed by atoms with Gasteiger partial charge in [0.2, 0.25) is 21.8 Å². The van der Waals surface area contributed by atoms with Crippen molar-refractivity contribution in [3.63, 3.8) is 0 Å². The van der Waals surface area contributed by atoms with E-state index in [9.17, 15) is 18.0 Å². The number of morpholine rings is 1. The third kappa shape index (κ3) is 6.61. The van der Waals surface area contributed by atoms with Gasteiger partial charge in [0.25, 0.3) is 0 Å². The van der Waals surface area contributed by atoms with Crippen molar-refractivity contribution in [1.82, 2.24) is 19.4 Å². The highest BCUT2D eigenvalue weighted by atomic mass is 32.2. The Morgan fingerprint density at radius 3 is 2.14 bits per heavy atom. The monoisotopic (exact) mass is 506 g/mol. The maximum absolute atomic E-state index is 13.1. The van der Waals surface area contributed by atoms with E-state index in [-0.39, 0.29) is 23.7 Å². The second kappa shape index (κ2) is 11.8. The summed E-state index contributed by atoms with van der Waals surface area (Å²) in [6.45, 7) is 8.61. The maximum Gasteiger partial charge on any atom is 0.243 e. The molecule has 1 N–H and O–H groups in total. The zero-order chi connectivity index (χ0) is 24.8. The van der Waals surface area contributed by atoms with Gasteiger partial charge in [-0.2, -0.15) is 4.31 Å². The van der Waals surface area contributed by atoms with E-state index in [0.717, 1.165) is 38.4 Å². The second-order valence-corrected chi connectivity index (χ2v) is 11.8. The fourth-order valence-corrected chi connectivity index (χ4v) is 6.60. The zero-order valence-electron chi connectivity index (χ0n) is 20.7. The summed E-state index contributed by atoms with van der Waals surface area (Å²) in [6, 6.07) is 6.89. The van der Waals surface area contributed by atoms with Crippen molar-refractivity contribution in [2.24, 2.45) is 11.8 Å². The Labute approximate surface area is 208 Å². The molecule has 0 aromatic heterocycles. The average Bonchev–Trinajstić information content (AvgIpc) is 2.89. The topological polar surface area (TPSA) is 99.3 Å². The van der Waals surface area contributed by atoms with E-state index in [1.165, 1.54) is 4.31 Å². The molecule has 3 heterocycles. The van der Waals surface area contributed by atoms with E-state index in [2.05, 4.69) is 10.2 Å². The number of aryl methyl sites for hydroxylation is 1. The minimum atomic E-state index is -3.53. The molecule has 0 saturated carbocycles. The minimum Gasteiger partial charge on any atom is -0.379 e. The number of sulfonamides is 1. The van der Waals surface area contributed by atoms with E-state index in [1.54, 1.807) is 24.3 Å². The summed E-state index contributed by atoms with van der Waals surface area (Å²) >= 11 is 0. The highest BCUT2D eigenvalue weighted by molar-refractivity contribution is 7.89. The standard InChI is InChI=1S/C25H38N4O5S/c1-20-2-4-23(5-3-20)35(32,33)29-13-8-22(9-14-29)25(31)28-11-6-21(7-12-28)24(30)26-10-15-27-16-18-34-19-17-27/h2-5,21-22H,6-19H2,1H3,(H,26,30). The zero-order valence-corrected chi connectivity index (χ0v) is 21.5. The number of likely N-dealkylation sites (tertiary alicyclic amines) is 1. The quantitative estimate of drug-likeness (QED) is 0.594. The molecule has 3 fully saturated rings. The number of benzene rings is 1. The first kappa shape index (κ1) is 26.1. The Morgan fingerprint density at radius 1 is 0.914 bits per heavy atom. The number of amides is 2. The van der Waals surface area contributed by atoms with Crippen LogP contribution in [0.2, 0.25) is 0 Å². The molecule has 4 rings (SSSR count). The Morgan fingerprint density at radius 2 is 1.51 bits per heavy atom. The molecule has 0 atom stereocenters. The first-order valence-corrected chi connectivity index (χ1v) is 14.2. The molecule has 0 unspecified atom stereocenters. The van der Waals surface area contributed by atoms with Crippen LogP contribution in [0.1, 0.15) is 31.2 Å². The molecule has 3 saturated heterocycles. The van der Waals surface area contributed by atoms with Crippen LogP contribution in [0.25, 0.3) is 0 Å². The van der Waals surface area contributed by atoms with Crippen LogP contribution in [-0.4, -0.2) is 99.9 Å². The van der Waals surface area contributed by atoms with Gasteiger partial charge in [-0.3, -0.25) is 14.5 Å². The summed E-state index contributed by atoms with van der Waals surface area (Å²) in [5, 5.41) is 3.06. The normalized spacial score (nSPS) is 21.7. The molecule has 1 aromatic rings. The highest BCUT2D eigenvalue weighted by Gasteiger charge is 2.35. The van der Waals surface area contributed by atoms with Gasteiger partial charge in [-0.15, -0.1) is 0 Å². The summed E-state index contributed by atoms with van der Waals surface area (Å²) in [4.78, 5) is 30.1. The van der Waals surface area contributed by atoms with E-state index >= 15 is 0 Å². The highest BCUT2D eigenvalue weighted by Crippen LogP contribution is 2.27. The Balaban J connectivity index is 1.18. The first-order chi connectivity index (χ1) is 16.8. The van der Waals surface area contributed by atoms with Crippen molar-refractivity contribution in [3.8, 4) is 0 Å². The maximum atomic E-state index is 13.1. The van der Waals surface area contributed by atoms with Gasteiger partial charge in [0, 0.05) is 64.2 Å². The van der Waals surface area contributed by atoms with E-state index in [1.807, 2.05) is 11.8 Å². The van der Waals surface area contributed by atoms with Gasteiger partial charge in [0.15, 0.2) is 0 Å². The van der Waals surface area contributed by atoms with Crippen molar-refractivity contribution in [1.29, 1.82) is 0 Å². The van der Waals surface area contributed by atoms with Crippen LogP contribution in [0.15, 0.2) is 29.2 Å². The predicted molar refractivity (Wildman–Crippen MR) is 132 cm³/mol. The molecule has 3 aliphatic rings. The van der Waals surface area contributed by atoms with Gasteiger partial charge < -0.3 is 15.0 Å². The Kier molecular flexibility index (Phi) is 8.80. The predicted octanol–water partition coefficient (Wildman–Crippen LogP) is 1.08. The molecular formula is C25H38N4O5S. The van der Waals surface area contributed by atoms with Crippen molar-refractivity contribution in [3.05, 3.63) is 29.8 Å². The lowest BCUT2D eigenvalue weighted by Crippen LogP contribution is -2.48. The molecule has 2 amide bonds. The van der Waals surface area contributed by atoms with E-state index < -0.39 is 10.0 Å². The molecule has 3 aliphatic heterocycles. The molecule has 9 nitrogen and oxygen atoms in total. The lowest BCUT2D eigenvalue weighted by Gasteiger charge is -2.36. The Hall–Kier alpha value is -2.01. The van der Waals surface area contributed by atoms with Crippen molar-refractivity contribution in [2.75, 3.05) is 65.6 Å². The number of nitrogens with zero attached hydrogens (tertiary/aromatic N) is 3. The summed E-state index contributed by atoms with van der Waals surface area (Å²) in [5.74, 6) is -0.0212. The van der Waals surface area contributed by atoms with Crippen LogP contribution < -0.4 is 5.32 Å². The number of carbonyl (C=O) groups is 2. The van der Waals surface area contributed by atoms with Crippen LogP contribution in [0, 0.1) is 18.8 Å². The van der Waals surface area contributed by atoms with Crippen molar-refractivity contribution in [2.45, 2.75) is 37.5 Å². The van der Waals surface area contributed by atoms with Crippen molar-refractivity contribution >= 4 is 21.8 Å². The van der Waals surface area contributed by atoms with Gasteiger partial charge in [-0.25, -0.2) is 8.42 Å². The summed E-state index contributed by atoms with van der Waals surface area (Å²) in [6.07, 6.45) is 2.42. The second-order valence-electron chi connectivity index (χ2n) is 9.84. The molecule has 0 aliphatic carbocycles. The molecule has 194 valence electrons. The van der Waals surface area contributed by atoms with Gasteiger partial charge in [0.05, 0.1) is 18.1 Å². The average molecular weight is 507 g/mol. The van der Waals surface area contributed by atoms with E-state index in [4.69, 9.17) is 4.74 Å². The number of nitrogens with one attached hydrogen (secondary N) is 1. The summed E-state index contributed by atoms with van der Waals surface area (Å²) in [5.41, 5.74) is 1.02. The number of piperidine rings is 2. The van der Waals surface area contributed by atoms with Gasteiger partial charge in [-0.1, -0.05) is 17.7 Å². The number of rotatable bonds is 7. The largest absolute Gasteiger partial charge is 0.379 e.